The summed E-state index contributed by atoms with van der Waals surface area (Å²) in [5, 5.41) is 10.6. The zero-order valence-electron chi connectivity index (χ0n) is 60.6. The Morgan fingerprint density at radius 1 is 0.312 bits per heavy atom. The fourth-order valence-corrected chi connectivity index (χ4v) is 12.8. The molecular weight excluding hydrogens is 1220 g/mol. The standard InChI is InChI=1S/C74H144O17P2/c1-7-10-12-14-16-18-31-38-44-50-56-71(76)84-62-69(90-73(78)58-52-46-40-32-19-17-15-13-11-8-2)64-88-92(80,81)86-60-68(75)61-87-93(82,83)89-65-70(63-85-72(77)57-51-45-39-35-34-36-42-48-54-66(4)5)91-74(79)59-53-47-41-33-29-27-25-23-21-20-22-24-26-28-30-37-43-49-55-67(6)9-3/h66-70,75H,7-65H2,1-6H3,(H,80,81)(H,82,83)/t67?,68-,69+,70+/m0/s1. The zero-order chi connectivity index (χ0) is 68.6. The third-order valence-electron chi connectivity index (χ3n) is 17.6. The van der Waals surface area contributed by atoms with Crippen LogP contribution in [0.5, 0.6) is 0 Å². The second kappa shape index (κ2) is 66.0. The second-order valence-corrected chi connectivity index (χ2v) is 30.3. The normalized spacial score (nSPS) is 14.3. The molecule has 0 amide bonds. The number of aliphatic hydroxyl groups excluding tert-OH is 1. The van der Waals surface area contributed by atoms with Gasteiger partial charge in [-0.05, 0) is 37.5 Å². The van der Waals surface area contributed by atoms with Crippen molar-refractivity contribution < 1.29 is 80.2 Å². The molecule has 93 heavy (non-hydrogen) atoms. The highest BCUT2D eigenvalue weighted by Crippen LogP contribution is 2.45. The smallest absolute Gasteiger partial charge is 0.462 e. The van der Waals surface area contributed by atoms with Crippen molar-refractivity contribution in [2.45, 2.75) is 400 Å². The molecular formula is C74H144O17P2. The highest BCUT2D eigenvalue weighted by atomic mass is 31.2. The van der Waals surface area contributed by atoms with E-state index in [-0.39, 0.29) is 25.7 Å². The minimum absolute atomic E-state index is 0.106. The van der Waals surface area contributed by atoms with Crippen LogP contribution in [0.3, 0.4) is 0 Å². The first kappa shape index (κ1) is 91.1. The van der Waals surface area contributed by atoms with Gasteiger partial charge in [0.15, 0.2) is 12.2 Å². The number of ether oxygens (including phenoxy) is 4. The summed E-state index contributed by atoms with van der Waals surface area (Å²) in [5.74, 6) is -0.523. The molecule has 0 spiro atoms. The molecule has 0 aromatic carbocycles. The van der Waals surface area contributed by atoms with Gasteiger partial charge < -0.3 is 33.8 Å². The average molecular weight is 1370 g/mol. The summed E-state index contributed by atoms with van der Waals surface area (Å²) in [7, 11) is -9.90. The van der Waals surface area contributed by atoms with Crippen LogP contribution in [0.25, 0.3) is 0 Å². The molecule has 0 rings (SSSR count). The number of aliphatic hydroxyl groups is 1. The van der Waals surface area contributed by atoms with Crippen LogP contribution in [-0.4, -0.2) is 96.7 Å². The van der Waals surface area contributed by atoms with Crippen LogP contribution in [0, 0.1) is 11.8 Å². The molecule has 3 unspecified atom stereocenters. The van der Waals surface area contributed by atoms with E-state index in [4.69, 9.17) is 37.0 Å². The van der Waals surface area contributed by atoms with Gasteiger partial charge in [0.2, 0.25) is 0 Å². The third-order valence-corrected chi connectivity index (χ3v) is 19.5. The quantitative estimate of drug-likeness (QED) is 0.0222. The molecule has 0 aliphatic heterocycles. The van der Waals surface area contributed by atoms with Crippen molar-refractivity contribution in [3.63, 3.8) is 0 Å². The summed E-state index contributed by atoms with van der Waals surface area (Å²) in [6.45, 7) is 9.59. The lowest BCUT2D eigenvalue weighted by Gasteiger charge is -2.21. The molecule has 3 N–H and O–H groups in total. The molecule has 0 heterocycles. The van der Waals surface area contributed by atoms with E-state index in [2.05, 4.69) is 41.5 Å². The molecule has 0 bridgehead atoms. The van der Waals surface area contributed by atoms with Crippen LogP contribution in [-0.2, 0) is 65.4 Å². The van der Waals surface area contributed by atoms with Gasteiger partial charge in [-0.1, -0.05) is 330 Å². The van der Waals surface area contributed by atoms with Crippen molar-refractivity contribution in [2.24, 2.45) is 11.8 Å². The number of carbonyl (C=O) groups excluding carboxylic acids is 4. The Bertz CT molecular complexity index is 1810. The van der Waals surface area contributed by atoms with E-state index in [1.807, 2.05) is 0 Å². The molecule has 0 aliphatic carbocycles. The van der Waals surface area contributed by atoms with Gasteiger partial charge in [-0.3, -0.25) is 37.3 Å². The van der Waals surface area contributed by atoms with Crippen molar-refractivity contribution in [2.75, 3.05) is 39.6 Å². The van der Waals surface area contributed by atoms with Crippen molar-refractivity contribution >= 4 is 39.5 Å². The van der Waals surface area contributed by atoms with Gasteiger partial charge in [-0.15, -0.1) is 0 Å². The van der Waals surface area contributed by atoms with Crippen LogP contribution >= 0.6 is 15.6 Å². The molecule has 0 aromatic heterocycles. The average Bonchev–Trinajstić information content (AvgIpc) is 3.55. The molecule has 6 atom stereocenters. The van der Waals surface area contributed by atoms with E-state index in [0.717, 1.165) is 102 Å². The lowest BCUT2D eigenvalue weighted by atomic mass is 9.99. The number of carbonyl (C=O) groups is 4. The van der Waals surface area contributed by atoms with Crippen molar-refractivity contribution in [3.05, 3.63) is 0 Å². The molecule has 0 aromatic rings. The van der Waals surface area contributed by atoms with Crippen LogP contribution in [0.2, 0.25) is 0 Å². The second-order valence-electron chi connectivity index (χ2n) is 27.4. The largest absolute Gasteiger partial charge is 0.472 e. The SMILES string of the molecule is CCCCCCCCCCCCC(=O)OC[C@H](COP(=O)(O)OC[C@H](O)COP(=O)(O)OC[C@@H](COC(=O)CCCCCCCCCCC(C)C)OC(=O)CCCCCCCCCCCCCCCCCCCCC(C)CC)OC(=O)CCCCCCCCCCCC. The molecule has 0 aliphatic rings. The summed E-state index contributed by atoms with van der Waals surface area (Å²) in [6, 6.07) is 0. The summed E-state index contributed by atoms with van der Waals surface area (Å²) in [6.07, 6.45) is 52.8. The Morgan fingerprint density at radius 3 is 0.817 bits per heavy atom. The number of rotatable bonds is 73. The van der Waals surface area contributed by atoms with Crippen LogP contribution in [0.1, 0.15) is 382 Å². The van der Waals surface area contributed by atoms with E-state index in [1.54, 1.807) is 0 Å². The number of hydrogen-bond acceptors (Lipinski definition) is 15. The van der Waals surface area contributed by atoms with Crippen LogP contribution in [0.4, 0.5) is 0 Å². The highest BCUT2D eigenvalue weighted by molar-refractivity contribution is 7.47. The van der Waals surface area contributed by atoms with Gasteiger partial charge in [-0.2, -0.15) is 0 Å². The van der Waals surface area contributed by atoms with Crippen molar-refractivity contribution in [3.8, 4) is 0 Å². The fraction of sp³-hybridized carbons (Fsp3) is 0.946. The molecule has 19 heteroatoms. The predicted octanol–water partition coefficient (Wildman–Crippen LogP) is 21.6. The molecule has 0 saturated carbocycles. The van der Waals surface area contributed by atoms with Crippen LogP contribution in [0.15, 0.2) is 0 Å². The number of phosphoric acid groups is 2. The Hall–Kier alpha value is -1.94. The van der Waals surface area contributed by atoms with E-state index in [0.29, 0.717) is 25.7 Å². The molecule has 552 valence electrons. The van der Waals surface area contributed by atoms with Gasteiger partial charge in [0.25, 0.3) is 0 Å². The summed E-state index contributed by atoms with van der Waals surface area (Å²) < 4.78 is 68.3. The monoisotopic (exact) mass is 1370 g/mol. The Labute approximate surface area is 568 Å². The molecule has 0 saturated heterocycles. The molecule has 0 fully saturated rings. The van der Waals surface area contributed by atoms with E-state index in [1.165, 1.54) is 199 Å². The number of phosphoric ester groups is 2. The Kier molecular flexibility index (Phi) is 64.6. The first-order valence-corrected chi connectivity index (χ1v) is 41.5. The fourth-order valence-electron chi connectivity index (χ4n) is 11.3. The van der Waals surface area contributed by atoms with Crippen molar-refractivity contribution in [1.29, 1.82) is 0 Å². The van der Waals surface area contributed by atoms with E-state index >= 15 is 0 Å². The summed E-state index contributed by atoms with van der Waals surface area (Å²) >= 11 is 0. The van der Waals surface area contributed by atoms with Crippen molar-refractivity contribution in [1.82, 2.24) is 0 Å². The third kappa shape index (κ3) is 67.0. The maximum absolute atomic E-state index is 13.0. The van der Waals surface area contributed by atoms with E-state index < -0.39 is 97.5 Å². The first-order valence-electron chi connectivity index (χ1n) is 38.5. The highest BCUT2D eigenvalue weighted by Gasteiger charge is 2.30. The maximum Gasteiger partial charge on any atom is 0.472 e. The molecule has 0 radical (unpaired) electrons. The van der Waals surface area contributed by atoms with Gasteiger partial charge in [-0.25, -0.2) is 9.13 Å². The lowest BCUT2D eigenvalue weighted by molar-refractivity contribution is -0.161. The van der Waals surface area contributed by atoms with Gasteiger partial charge in [0.05, 0.1) is 26.4 Å². The zero-order valence-corrected chi connectivity index (χ0v) is 62.3. The summed E-state index contributed by atoms with van der Waals surface area (Å²) in [5.41, 5.74) is 0. The van der Waals surface area contributed by atoms with Gasteiger partial charge in [0.1, 0.15) is 19.3 Å². The Balaban J connectivity index is 5.15. The van der Waals surface area contributed by atoms with E-state index in [9.17, 15) is 43.2 Å². The van der Waals surface area contributed by atoms with Gasteiger partial charge in [0, 0.05) is 25.7 Å². The minimum atomic E-state index is -4.95. The number of esters is 4. The predicted molar refractivity (Wildman–Crippen MR) is 377 cm³/mol. The van der Waals surface area contributed by atoms with Gasteiger partial charge >= 0.3 is 39.5 Å². The van der Waals surface area contributed by atoms with Crippen LogP contribution < -0.4 is 0 Å². The first-order chi connectivity index (χ1) is 44.9. The summed E-state index contributed by atoms with van der Waals surface area (Å²) in [4.78, 5) is 72.6. The minimum Gasteiger partial charge on any atom is -0.462 e. The lowest BCUT2D eigenvalue weighted by Crippen LogP contribution is -2.30. The topological polar surface area (TPSA) is 237 Å². The number of unbranched alkanes of at least 4 members (excludes halogenated alkanes) is 42. The number of hydrogen-bond donors (Lipinski definition) is 3. The molecule has 17 nitrogen and oxygen atoms in total. The Morgan fingerprint density at radius 2 is 0.548 bits per heavy atom. The maximum atomic E-state index is 13.0.